The van der Waals surface area contributed by atoms with Crippen LogP contribution in [0.15, 0.2) is 45.7 Å². The van der Waals surface area contributed by atoms with Gasteiger partial charge >= 0.3 is 0 Å². The molecule has 140 valence electrons. The summed E-state index contributed by atoms with van der Waals surface area (Å²) in [7, 11) is 0. The molecule has 0 atom stereocenters. The van der Waals surface area contributed by atoms with E-state index in [0.717, 1.165) is 5.69 Å². The Hall–Kier alpha value is -2.93. The van der Waals surface area contributed by atoms with Gasteiger partial charge in [0.15, 0.2) is 0 Å². The van der Waals surface area contributed by atoms with Gasteiger partial charge in [-0.1, -0.05) is 22.8 Å². The summed E-state index contributed by atoms with van der Waals surface area (Å²) in [6.45, 7) is 4.33. The highest BCUT2D eigenvalue weighted by Crippen LogP contribution is 2.16. The van der Waals surface area contributed by atoms with Crippen molar-refractivity contribution in [2.75, 3.05) is 5.32 Å². The third-order valence-corrected chi connectivity index (χ3v) is 4.33. The van der Waals surface area contributed by atoms with Crippen LogP contribution in [0.2, 0.25) is 5.02 Å². The molecule has 0 aliphatic carbocycles. The van der Waals surface area contributed by atoms with Gasteiger partial charge in [-0.25, -0.2) is 0 Å². The first-order valence-corrected chi connectivity index (χ1v) is 8.94. The third kappa shape index (κ3) is 4.43. The summed E-state index contributed by atoms with van der Waals surface area (Å²) in [4.78, 5) is 28.8. The van der Waals surface area contributed by atoms with Crippen LogP contribution in [0.3, 0.4) is 0 Å². The summed E-state index contributed by atoms with van der Waals surface area (Å²) in [6.07, 6.45) is 0.439. The molecule has 2 heterocycles. The second kappa shape index (κ2) is 8.18. The van der Waals surface area contributed by atoms with Crippen molar-refractivity contribution >= 4 is 23.2 Å². The Labute approximate surface area is 161 Å². The predicted molar refractivity (Wildman–Crippen MR) is 103 cm³/mol. The van der Waals surface area contributed by atoms with Crippen LogP contribution in [0.4, 0.5) is 5.69 Å². The Morgan fingerprint density at radius 2 is 2.11 bits per heavy atom. The van der Waals surface area contributed by atoms with E-state index in [1.54, 1.807) is 34.9 Å². The lowest BCUT2D eigenvalue weighted by molar-refractivity contribution is -0.116. The second-order valence-corrected chi connectivity index (χ2v) is 6.44. The molecule has 0 aliphatic heterocycles. The molecule has 0 saturated carbocycles. The normalized spacial score (nSPS) is 10.8. The van der Waals surface area contributed by atoms with Crippen molar-refractivity contribution in [3.8, 4) is 11.4 Å². The van der Waals surface area contributed by atoms with Crippen LogP contribution in [0, 0.1) is 6.92 Å². The summed E-state index contributed by atoms with van der Waals surface area (Å²) in [5.41, 5.74) is 1.70. The number of nitrogens with one attached hydrogen (secondary N) is 1. The number of aryl methyl sites for hydroxylation is 2. The van der Waals surface area contributed by atoms with E-state index >= 15 is 0 Å². The maximum atomic E-state index is 12.5. The van der Waals surface area contributed by atoms with E-state index in [9.17, 15) is 9.59 Å². The van der Waals surface area contributed by atoms with Crippen LogP contribution in [-0.4, -0.2) is 20.6 Å². The van der Waals surface area contributed by atoms with Gasteiger partial charge in [0.05, 0.1) is 5.56 Å². The monoisotopic (exact) mass is 386 g/mol. The van der Waals surface area contributed by atoms with Crippen LogP contribution in [0.1, 0.15) is 24.9 Å². The number of carbonyl (C=O) groups is 1. The first-order chi connectivity index (χ1) is 13.0. The summed E-state index contributed by atoms with van der Waals surface area (Å²) >= 11 is 5.89. The van der Waals surface area contributed by atoms with Gasteiger partial charge < -0.3 is 14.4 Å². The molecule has 3 aromatic rings. The average Bonchev–Trinajstić information content (AvgIpc) is 3.09. The van der Waals surface area contributed by atoms with Gasteiger partial charge in [-0.05, 0) is 44.2 Å². The SMILES string of the molecule is CCn1c(C)ccc(-c2noc(CCC(=O)Nc3cccc(Cl)c3)n2)c1=O. The molecule has 0 bridgehead atoms. The van der Waals surface area contributed by atoms with E-state index in [2.05, 4.69) is 15.5 Å². The highest BCUT2D eigenvalue weighted by Gasteiger charge is 2.15. The number of anilines is 1. The van der Waals surface area contributed by atoms with Crippen LogP contribution >= 0.6 is 11.6 Å². The highest BCUT2D eigenvalue weighted by atomic mass is 35.5. The molecule has 3 rings (SSSR count). The Morgan fingerprint density at radius 1 is 1.30 bits per heavy atom. The van der Waals surface area contributed by atoms with E-state index < -0.39 is 0 Å². The molecule has 2 aromatic heterocycles. The maximum Gasteiger partial charge on any atom is 0.261 e. The van der Waals surface area contributed by atoms with Crippen molar-refractivity contribution in [2.24, 2.45) is 0 Å². The smallest absolute Gasteiger partial charge is 0.261 e. The van der Waals surface area contributed by atoms with Gasteiger partial charge in [-0.15, -0.1) is 0 Å². The molecule has 0 unspecified atom stereocenters. The molecule has 0 spiro atoms. The van der Waals surface area contributed by atoms with Gasteiger partial charge in [0.25, 0.3) is 5.56 Å². The first-order valence-electron chi connectivity index (χ1n) is 8.56. The number of rotatable bonds is 6. The van der Waals surface area contributed by atoms with Crippen molar-refractivity contribution in [1.82, 2.24) is 14.7 Å². The topological polar surface area (TPSA) is 90.0 Å². The Morgan fingerprint density at radius 3 is 2.85 bits per heavy atom. The molecule has 1 amide bonds. The first kappa shape index (κ1) is 18.8. The third-order valence-electron chi connectivity index (χ3n) is 4.09. The fraction of sp³-hybridized carbons (Fsp3) is 0.263. The number of nitrogens with zero attached hydrogens (tertiary/aromatic N) is 3. The molecule has 0 fully saturated rings. The lowest BCUT2D eigenvalue weighted by Gasteiger charge is -2.07. The fourth-order valence-electron chi connectivity index (χ4n) is 2.71. The number of amides is 1. The standard InChI is InChI=1S/C19H19ClN4O3/c1-3-24-12(2)7-8-15(19(24)26)18-22-17(27-23-18)10-9-16(25)21-14-6-4-5-13(20)11-14/h4-8,11H,3,9-10H2,1-2H3,(H,21,25). The molecule has 0 radical (unpaired) electrons. The number of hydrogen-bond donors (Lipinski definition) is 1. The number of pyridine rings is 1. The summed E-state index contributed by atoms with van der Waals surface area (Å²) in [5, 5.41) is 7.18. The molecular weight excluding hydrogens is 368 g/mol. The molecule has 27 heavy (non-hydrogen) atoms. The van der Waals surface area contributed by atoms with E-state index in [0.29, 0.717) is 28.7 Å². The lowest BCUT2D eigenvalue weighted by Crippen LogP contribution is -2.23. The molecule has 1 aromatic carbocycles. The summed E-state index contributed by atoms with van der Waals surface area (Å²) in [6, 6.07) is 10.4. The van der Waals surface area contributed by atoms with Gasteiger partial charge in [-0.3, -0.25) is 9.59 Å². The van der Waals surface area contributed by atoms with Crippen molar-refractivity contribution in [3.63, 3.8) is 0 Å². The van der Waals surface area contributed by atoms with Crippen LogP contribution in [-0.2, 0) is 17.8 Å². The van der Waals surface area contributed by atoms with Crippen LogP contribution in [0.25, 0.3) is 11.4 Å². The Bertz CT molecular complexity index is 1030. The zero-order chi connectivity index (χ0) is 19.4. The fourth-order valence-corrected chi connectivity index (χ4v) is 2.90. The minimum absolute atomic E-state index is 0.163. The highest BCUT2D eigenvalue weighted by molar-refractivity contribution is 6.30. The number of aromatic nitrogens is 3. The van der Waals surface area contributed by atoms with Crippen molar-refractivity contribution < 1.29 is 9.32 Å². The zero-order valence-corrected chi connectivity index (χ0v) is 15.8. The minimum atomic E-state index is -0.194. The van der Waals surface area contributed by atoms with Crippen molar-refractivity contribution in [1.29, 1.82) is 0 Å². The Kier molecular flexibility index (Phi) is 5.71. The predicted octanol–water partition coefficient (Wildman–Crippen LogP) is 3.45. The molecule has 7 nitrogen and oxygen atoms in total. The van der Waals surface area contributed by atoms with E-state index in [1.807, 2.05) is 19.9 Å². The largest absolute Gasteiger partial charge is 0.339 e. The Balaban J connectivity index is 1.66. The van der Waals surface area contributed by atoms with E-state index in [4.69, 9.17) is 16.1 Å². The maximum absolute atomic E-state index is 12.5. The zero-order valence-electron chi connectivity index (χ0n) is 15.0. The molecular formula is C19H19ClN4O3. The van der Waals surface area contributed by atoms with E-state index in [-0.39, 0.29) is 30.1 Å². The van der Waals surface area contributed by atoms with E-state index in [1.165, 1.54) is 0 Å². The summed E-state index contributed by atoms with van der Waals surface area (Å²) < 4.78 is 6.83. The number of carbonyl (C=O) groups excluding carboxylic acids is 1. The van der Waals surface area contributed by atoms with Crippen LogP contribution < -0.4 is 10.9 Å². The second-order valence-electron chi connectivity index (χ2n) is 6.01. The van der Waals surface area contributed by atoms with Crippen molar-refractivity contribution in [3.05, 3.63) is 63.4 Å². The molecule has 0 saturated heterocycles. The van der Waals surface area contributed by atoms with Crippen molar-refractivity contribution in [2.45, 2.75) is 33.2 Å². The number of hydrogen-bond acceptors (Lipinski definition) is 5. The van der Waals surface area contributed by atoms with Gasteiger partial charge in [0.2, 0.25) is 17.6 Å². The quantitative estimate of drug-likeness (QED) is 0.700. The van der Waals surface area contributed by atoms with Gasteiger partial charge in [0.1, 0.15) is 0 Å². The van der Waals surface area contributed by atoms with Crippen LogP contribution in [0.5, 0.6) is 0 Å². The minimum Gasteiger partial charge on any atom is -0.339 e. The molecule has 8 heteroatoms. The number of benzene rings is 1. The average molecular weight is 387 g/mol. The molecule has 0 aliphatic rings. The lowest BCUT2D eigenvalue weighted by atomic mass is 10.2. The van der Waals surface area contributed by atoms with Gasteiger partial charge in [-0.2, -0.15) is 4.98 Å². The molecule has 1 N–H and O–H groups in total. The number of halogens is 1. The van der Waals surface area contributed by atoms with Gasteiger partial charge in [0, 0.05) is 35.8 Å². The summed E-state index contributed by atoms with van der Waals surface area (Å²) in [5.74, 6) is 0.336.